The van der Waals surface area contributed by atoms with Crippen LogP contribution in [0.25, 0.3) is 4.98 Å². The molecular weight excluding hydrogens is 390 g/mol. The van der Waals surface area contributed by atoms with Crippen LogP contribution in [0.15, 0.2) is 30.3 Å². The van der Waals surface area contributed by atoms with Gasteiger partial charge in [-0.05, 0) is 43.4 Å². The third-order valence-corrected chi connectivity index (χ3v) is 5.96. The Bertz CT molecular complexity index is 1130. The number of H-pyrrole nitrogens is 1. The van der Waals surface area contributed by atoms with E-state index in [0.717, 1.165) is 41.8 Å². The maximum absolute atomic E-state index is 13.0. The Labute approximate surface area is 169 Å². The molecule has 4 rings (SSSR count). The Morgan fingerprint density at radius 3 is 2.66 bits per heavy atom. The van der Waals surface area contributed by atoms with E-state index in [1.165, 1.54) is 11.3 Å². The van der Waals surface area contributed by atoms with Gasteiger partial charge < -0.3 is 16.4 Å². The summed E-state index contributed by atoms with van der Waals surface area (Å²) in [5, 5.41) is 22.0. The van der Waals surface area contributed by atoms with Gasteiger partial charge in [0.1, 0.15) is 5.00 Å². The zero-order chi connectivity index (χ0) is 20.4. The number of primary amides is 1. The number of benzene rings is 1. The average Bonchev–Trinajstić information content (AvgIpc) is 3.29. The summed E-state index contributed by atoms with van der Waals surface area (Å²) >= 11 is 1.36. The second-order valence-electron chi connectivity index (χ2n) is 6.62. The van der Waals surface area contributed by atoms with E-state index in [2.05, 4.69) is 25.8 Å². The highest BCUT2D eigenvalue weighted by Gasteiger charge is 2.32. The molecule has 1 aromatic carbocycles. The van der Waals surface area contributed by atoms with Gasteiger partial charge in [-0.2, -0.15) is 5.10 Å². The van der Waals surface area contributed by atoms with E-state index in [1.54, 1.807) is 0 Å². The SMILES string of the molecule is N#[N+]c1n[nH]c(Nc2ccccc2)c1C(=O)Nc1sc2c(c1C(N)=O)CCCC2. The monoisotopic (exact) mass is 408 g/mol. The number of para-hydroxylation sites is 1. The van der Waals surface area contributed by atoms with Gasteiger partial charge in [-0.25, -0.2) is 0 Å². The number of anilines is 3. The summed E-state index contributed by atoms with van der Waals surface area (Å²) in [6, 6.07) is 9.17. The van der Waals surface area contributed by atoms with E-state index >= 15 is 0 Å². The van der Waals surface area contributed by atoms with Crippen LogP contribution in [0.4, 0.5) is 22.3 Å². The molecular formula is C19H18N7O2S+. The number of fused-ring (bicyclic) bond motifs is 1. The predicted molar refractivity (Wildman–Crippen MR) is 110 cm³/mol. The minimum atomic E-state index is -0.568. The number of aromatic nitrogens is 2. The number of amides is 2. The fourth-order valence-corrected chi connectivity index (χ4v) is 4.75. The lowest BCUT2D eigenvalue weighted by Crippen LogP contribution is -2.19. The maximum Gasteiger partial charge on any atom is 0.502 e. The first-order chi connectivity index (χ1) is 14.1. The number of nitrogens with one attached hydrogen (secondary N) is 3. The van der Waals surface area contributed by atoms with Crippen LogP contribution in [0.2, 0.25) is 0 Å². The molecule has 29 heavy (non-hydrogen) atoms. The van der Waals surface area contributed by atoms with Crippen LogP contribution >= 0.6 is 11.3 Å². The zero-order valence-corrected chi connectivity index (χ0v) is 16.2. The Morgan fingerprint density at radius 1 is 1.17 bits per heavy atom. The van der Waals surface area contributed by atoms with E-state index in [-0.39, 0.29) is 17.2 Å². The number of rotatable bonds is 5. The van der Waals surface area contributed by atoms with Crippen LogP contribution in [0.1, 0.15) is 44.0 Å². The van der Waals surface area contributed by atoms with E-state index in [1.807, 2.05) is 30.3 Å². The smallest absolute Gasteiger partial charge is 0.365 e. The Balaban J connectivity index is 1.68. The van der Waals surface area contributed by atoms with Crippen molar-refractivity contribution < 1.29 is 9.59 Å². The third kappa shape index (κ3) is 3.55. The summed E-state index contributed by atoms with van der Waals surface area (Å²) < 4.78 is 0. The van der Waals surface area contributed by atoms with Crippen LogP contribution in [0.3, 0.4) is 0 Å². The predicted octanol–water partition coefficient (Wildman–Crippen LogP) is 3.93. The lowest BCUT2D eigenvalue weighted by atomic mass is 9.95. The summed E-state index contributed by atoms with van der Waals surface area (Å²) in [5.74, 6) is -1.03. The van der Waals surface area contributed by atoms with Crippen molar-refractivity contribution in [1.29, 1.82) is 5.39 Å². The van der Waals surface area contributed by atoms with Gasteiger partial charge in [0.05, 0.1) is 16.1 Å². The van der Waals surface area contributed by atoms with Crippen molar-refractivity contribution in [3.63, 3.8) is 0 Å². The number of aryl methyl sites for hydroxylation is 1. The molecule has 0 aliphatic heterocycles. The van der Waals surface area contributed by atoms with Crippen molar-refractivity contribution in [1.82, 2.24) is 10.2 Å². The summed E-state index contributed by atoms with van der Waals surface area (Å²) in [6.45, 7) is 0. The van der Waals surface area contributed by atoms with Gasteiger partial charge in [0.2, 0.25) is 5.56 Å². The second-order valence-corrected chi connectivity index (χ2v) is 7.73. The van der Waals surface area contributed by atoms with Crippen molar-refractivity contribution in [2.45, 2.75) is 25.7 Å². The molecule has 0 saturated heterocycles. The molecule has 3 aromatic rings. The van der Waals surface area contributed by atoms with Gasteiger partial charge in [0.25, 0.3) is 11.8 Å². The Morgan fingerprint density at radius 2 is 1.93 bits per heavy atom. The summed E-state index contributed by atoms with van der Waals surface area (Å²) in [6.07, 6.45) is 3.65. The van der Waals surface area contributed by atoms with Gasteiger partial charge in [-0.15, -0.1) is 11.3 Å². The van der Waals surface area contributed by atoms with Crippen LogP contribution in [0.5, 0.6) is 0 Å². The van der Waals surface area contributed by atoms with Gasteiger partial charge in [-0.1, -0.05) is 18.2 Å². The molecule has 0 bridgehead atoms. The van der Waals surface area contributed by atoms with Crippen molar-refractivity contribution in [3.05, 3.63) is 56.9 Å². The summed E-state index contributed by atoms with van der Waals surface area (Å²) in [4.78, 5) is 29.2. The van der Waals surface area contributed by atoms with Crippen LogP contribution in [0, 0.1) is 5.39 Å². The molecule has 5 N–H and O–H groups in total. The fraction of sp³-hybridized carbons (Fsp3) is 0.211. The van der Waals surface area contributed by atoms with Crippen molar-refractivity contribution >= 4 is 45.5 Å². The van der Waals surface area contributed by atoms with Gasteiger partial charge in [0.15, 0.2) is 5.82 Å². The van der Waals surface area contributed by atoms with Gasteiger partial charge >= 0.3 is 5.82 Å². The van der Waals surface area contributed by atoms with Crippen molar-refractivity contribution in [2.75, 3.05) is 10.6 Å². The van der Waals surface area contributed by atoms with Crippen LogP contribution < -0.4 is 16.4 Å². The molecule has 2 amide bonds. The lowest BCUT2D eigenvalue weighted by Gasteiger charge is -2.11. The summed E-state index contributed by atoms with van der Waals surface area (Å²) in [5.41, 5.74) is 7.62. The molecule has 0 unspecified atom stereocenters. The van der Waals surface area contributed by atoms with Gasteiger partial charge in [0, 0.05) is 15.5 Å². The lowest BCUT2D eigenvalue weighted by molar-refractivity contribution is 0.100. The second kappa shape index (κ2) is 7.73. The molecule has 10 heteroatoms. The van der Waals surface area contributed by atoms with E-state index in [0.29, 0.717) is 10.6 Å². The molecule has 1 aliphatic rings. The number of nitrogens with zero attached hydrogens (tertiary/aromatic N) is 3. The normalized spacial score (nSPS) is 12.7. The molecule has 0 fully saturated rings. The number of hydrogen-bond donors (Lipinski definition) is 4. The Kier molecular flexibility index (Phi) is 4.97. The highest BCUT2D eigenvalue weighted by atomic mass is 32.1. The number of hydrogen-bond acceptors (Lipinski definition) is 6. The topological polar surface area (TPSA) is 141 Å². The number of diazo groups is 1. The van der Waals surface area contributed by atoms with Crippen molar-refractivity contribution in [3.8, 4) is 0 Å². The molecule has 0 spiro atoms. The highest BCUT2D eigenvalue weighted by molar-refractivity contribution is 7.17. The minimum absolute atomic E-state index is 0.0261. The van der Waals surface area contributed by atoms with Crippen LogP contribution in [-0.4, -0.2) is 22.0 Å². The number of aromatic amines is 1. The molecule has 1 aliphatic carbocycles. The summed E-state index contributed by atoms with van der Waals surface area (Å²) in [7, 11) is 0. The van der Waals surface area contributed by atoms with E-state index in [9.17, 15) is 15.0 Å². The molecule has 0 saturated carbocycles. The number of thiophene rings is 1. The van der Waals surface area contributed by atoms with Gasteiger partial charge in [-0.3, -0.25) is 9.59 Å². The zero-order valence-electron chi connectivity index (χ0n) is 15.4. The first-order valence-corrected chi connectivity index (χ1v) is 9.91. The Hall–Kier alpha value is -3.71. The molecule has 2 aromatic heterocycles. The number of carbonyl (C=O) groups is 2. The molecule has 0 atom stereocenters. The number of nitrogens with two attached hydrogens (primary N) is 1. The molecule has 2 heterocycles. The maximum atomic E-state index is 13.0. The standard InChI is InChI=1S/C19H17N7O2S/c20-15(27)13-11-8-4-5-9-12(11)29-19(13)23-18(28)14-16(25-26-17(14)24-21)22-10-6-2-1-3-7-10/h1-3,6-7,21H,4-5,8-9H2,(H3,20,23,27,28)/p+1. The van der Waals surface area contributed by atoms with Crippen LogP contribution in [-0.2, 0) is 12.8 Å². The van der Waals surface area contributed by atoms with E-state index < -0.39 is 11.8 Å². The third-order valence-electron chi connectivity index (χ3n) is 4.76. The molecule has 9 nitrogen and oxygen atoms in total. The molecule has 146 valence electrons. The highest BCUT2D eigenvalue weighted by Crippen LogP contribution is 2.38. The fourth-order valence-electron chi connectivity index (χ4n) is 3.46. The van der Waals surface area contributed by atoms with Crippen molar-refractivity contribution in [2.24, 2.45) is 5.73 Å². The number of carbonyl (C=O) groups excluding carboxylic acids is 2. The minimum Gasteiger partial charge on any atom is -0.365 e. The first kappa shape index (κ1) is 18.6. The largest absolute Gasteiger partial charge is 0.502 e. The first-order valence-electron chi connectivity index (χ1n) is 9.09. The quantitative estimate of drug-likeness (QED) is 0.473. The molecule has 0 radical (unpaired) electrons. The average molecular weight is 408 g/mol. The van der Waals surface area contributed by atoms with E-state index in [4.69, 9.17) is 5.73 Å².